The van der Waals surface area contributed by atoms with Gasteiger partial charge in [-0.3, -0.25) is 0 Å². The first-order valence-corrected chi connectivity index (χ1v) is 7.50. The van der Waals surface area contributed by atoms with Crippen molar-refractivity contribution < 1.29 is 0 Å². The molecule has 1 aromatic heterocycles. The van der Waals surface area contributed by atoms with Crippen molar-refractivity contribution in [1.82, 2.24) is 9.97 Å². The summed E-state index contributed by atoms with van der Waals surface area (Å²) in [4.78, 5) is 8.67. The highest BCUT2D eigenvalue weighted by molar-refractivity contribution is 5.50. The largest absolute Gasteiger partial charge is 0.383 e. The zero-order valence-corrected chi connectivity index (χ0v) is 12.7. The van der Waals surface area contributed by atoms with Crippen LogP contribution >= 0.6 is 0 Å². The molecule has 0 aliphatic heterocycles. The topological polar surface area (TPSA) is 75.9 Å². The Morgan fingerprint density at radius 3 is 1.91 bits per heavy atom. The highest BCUT2D eigenvalue weighted by atomic mass is 15.2. The summed E-state index contributed by atoms with van der Waals surface area (Å²) in [6, 6.07) is 22.0. The second-order valence-corrected chi connectivity index (χ2v) is 5.18. The van der Waals surface area contributed by atoms with Gasteiger partial charge in [0.05, 0.1) is 0 Å². The SMILES string of the molecule is Nc1cc(NCc2ccccc2)nc(NCc2ccccc2)n1. The molecule has 116 valence electrons. The molecule has 0 fully saturated rings. The molecule has 0 spiro atoms. The quantitative estimate of drug-likeness (QED) is 0.651. The summed E-state index contributed by atoms with van der Waals surface area (Å²) in [5, 5.41) is 6.47. The molecule has 2 aromatic carbocycles. The molecule has 0 aliphatic carbocycles. The van der Waals surface area contributed by atoms with Crippen molar-refractivity contribution in [2.75, 3.05) is 16.4 Å². The summed E-state index contributed by atoms with van der Waals surface area (Å²) < 4.78 is 0. The van der Waals surface area contributed by atoms with Crippen molar-refractivity contribution in [2.45, 2.75) is 13.1 Å². The second kappa shape index (κ2) is 7.26. The molecule has 0 saturated heterocycles. The summed E-state index contributed by atoms with van der Waals surface area (Å²) in [5.74, 6) is 1.66. The van der Waals surface area contributed by atoms with Crippen LogP contribution in [0.4, 0.5) is 17.6 Å². The summed E-state index contributed by atoms with van der Waals surface area (Å²) in [6.45, 7) is 1.35. The minimum Gasteiger partial charge on any atom is -0.383 e. The van der Waals surface area contributed by atoms with E-state index in [0.717, 1.165) is 5.56 Å². The number of nitrogens with zero attached hydrogens (tertiary/aromatic N) is 2. The Labute approximate surface area is 135 Å². The van der Waals surface area contributed by atoms with Crippen molar-refractivity contribution >= 4 is 17.6 Å². The number of nitrogens with two attached hydrogens (primary N) is 1. The molecule has 0 atom stereocenters. The molecule has 5 nitrogen and oxygen atoms in total. The van der Waals surface area contributed by atoms with Crippen molar-refractivity contribution in [2.24, 2.45) is 0 Å². The Kier molecular flexibility index (Phi) is 4.69. The lowest BCUT2D eigenvalue weighted by Gasteiger charge is -2.10. The summed E-state index contributed by atoms with van der Waals surface area (Å²) >= 11 is 0. The van der Waals surface area contributed by atoms with Crippen LogP contribution in [0.3, 0.4) is 0 Å². The van der Waals surface area contributed by atoms with Gasteiger partial charge in [-0.25, -0.2) is 0 Å². The Balaban J connectivity index is 1.64. The van der Waals surface area contributed by atoms with E-state index < -0.39 is 0 Å². The molecule has 3 aromatic rings. The maximum Gasteiger partial charge on any atom is 0.226 e. The third kappa shape index (κ3) is 4.44. The smallest absolute Gasteiger partial charge is 0.226 e. The molecule has 3 rings (SSSR count). The molecule has 0 aliphatic rings. The molecule has 0 amide bonds. The fourth-order valence-electron chi connectivity index (χ4n) is 2.20. The van der Waals surface area contributed by atoms with Gasteiger partial charge in [-0.2, -0.15) is 9.97 Å². The van der Waals surface area contributed by atoms with Crippen LogP contribution in [0.5, 0.6) is 0 Å². The third-order valence-corrected chi connectivity index (χ3v) is 3.36. The van der Waals surface area contributed by atoms with Crippen LogP contribution in [0.15, 0.2) is 66.7 Å². The van der Waals surface area contributed by atoms with Crippen LogP contribution in [0.1, 0.15) is 11.1 Å². The van der Waals surface area contributed by atoms with Gasteiger partial charge in [0, 0.05) is 19.2 Å². The van der Waals surface area contributed by atoms with Crippen molar-refractivity contribution in [3.05, 3.63) is 77.9 Å². The van der Waals surface area contributed by atoms with E-state index in [4.69, 9.17) is 5.73 Å². The standard InChI is InChI=1S/C18H19N5/c19-16-11-17(20-12-14-7-3-1-4-8-14)23-18(22-16)21-13-15-9-5-2-6-10-15/h1-11H,12-13H2,(H4,19,20,21,22,23). The molecular formula is C18H19N5. The van der Waals surface area contributed by atoms with E-state index in [1.54, 1.807) is 6.07 Å². The number of hydrogen-bond donors (Lipinski definition) is 3. The van der Waals surface area contributed by atoms with Gasteiger partial charge < -0.3 is 16.4 Å². The van der Waals surface area contributed by atoms with Gasteiger partial charge >= 0.3 is 0 Å². The third-order valence-electron chi connectivity index (χ3n) is 3.36. The number of benzene rings is 2. The first-order valence-electron chi connectivity index (χ1n) is 7.50. The minimum atomic E-state index is 0.436. The van der Waals surface area contributed by atoms with Crippen molar-refractivity contribution in [3.8, 4) is 0 Å². The zero-order chi connectivity index (χ0) is 15.9. The van der Waals surface area contributed by atoms with Gasteiger partial charge in [0.25, 0.3) is 0 Å². The van der Waals surface area contributed by atoms with Crippen LogP contribution < -0.4 is 16.4 Å². The first kappa shape index (κ1) is 14.8. The Bertz CT molecular complexity index is 682. The van der Waals surface area contributed by atoms with E-state index in [-0.39, 0.29) is 0 Å². The number of rotatable bonds is 6. The number of hydrogen-bond acceptors (Lipinski definition) is 5. The number of nitrogens with one attached hydrogen (secondary N) is 2. The predicted octanol–water partition coefficient (Wildman–Crippen LogP) is 3.28. The maximum absolute atomic E-state index is 5.87. The predicted molar refractivity (Wildman–Crippen MR) is 94.0 cm³/mol. The van der Waals surface area contributed by atoms with Gasteiger partial charge in [-0.1, -0.05) is 60.7 Å². The fourth-order valence-corrected chi connectivity index (χ4v) is 2.20. The van der Waals surface area contributed by atoms with Crippen LogP contribution in [-0.2, 0) is 13.1 Å². The Morgan fingerprint density at radius 2 is 1.30 bits per heavy atom. The van der Waals surface area contributed by atoms with Gasteiger partial charge in [0.15, 0.2) is 0 Å². The summed E-state index contributed by atoms with van der Waals surface area (Å²) in [5.41, 5.74) is 8.21. The van der Waals surface area contributed by atoms with Crippen LogP contribution in [0.2, 0.25) is 0 Å². The average molecular weight is 305 g/mol. The number of anilines is 3. The maximum atomic E-state index is 5.87. The van der Waals surface area contributed by atoms with E-state index in [1.165, 1.54) is 5.56 Å². The van der Waals surface area contributed by atoms with Crippen LogP contribution in [0.25, 0.3) is 0 Å². The van der Waals surface area contributed by atoms with Gasteiger partial charge in [0.1, 0.15) is 11.6 Å². The normalized spacial score (nSPS) is 10.3. The lowest BCUT2D eigenvalue weighted by Crippen LogP contribution is -2.08. The Morgan fingerprint density at radius 1 is 0.739 bits per heavy atom. The number of nitrogen functional groups attached to an aromatic ring is 1. The van der Waals surface area contributed by atoms with Crippen molar-refractivity contribution in [1.29, 1.82) is 0 Å². The van der Waals surface area contributed by atoms with Crippen LogP contribution in [0, 0.1) is 0 Å². The van der Waals surface area contributed by atoms with Gasteiger partial charge in [-0.05, 0) is 11.1 Å². The highest BCUT2D eigenvalue weighted by Gasteiger charge is 2.03. The highest BCUT2D eigenvalue weighted by Crippen LogP contribution is 2.13. The summed E-state index contributed by atoms with van der Waals surface area (Å²) in [6.07, 6.45) is 0. The van der Waals surface area contributed by atoms with E-state index in [9.17, 15) is 0 Å². The second-order valence-electron chi connectivity index (χ2n) is 5.18. The average Bonchev–Trinajstić information content (AvgIpc) is 2.60. The molecular weight excluding hydrogens is 286 g/mol. The van der Waals surface area contributed by atoms with E-state index >= 15 is 0 Å². The first-order chi connectivity index (χ1) is 11.3. The minimum absolute atomic E-state index is 0.436. The van der Waals surface area contributed by atoms with Gasteiger partial charge in [0.2, 0.25) is 5.95 Å². The monoisotopic (exact) mass is 305 g/mol. The summed E-state index contributed by atoms with van der Waals surface area (Å²) in [7, 11) is 0. The van der Waals surface area contributed by atoms with E-state index in [2.05, 4.69) is 32.7 Å². The molecule has 4 N–H and O–H groups in total. The molecule has 23 heavy (non-hydrogen) atoms. The molecule has 5 heteroatoms. The van der Waals surface area contributed by atoms with Crippen LogP contribution in [-0.4, -0.2) is 9.97 Å². The molecule has 0 unspecified atom stereocenters. The van der Waals surface area contributed by atoms with Crippen molar-refractivity contribution in [3.63, 3.8) is 0 Å². The zero-order valence-electron chi connectivity index (χ0n) is 12.7. The van der Waals surface area contributed by atoms with E-state index in [0.29, 0.717) is 30.7 Å². The Hall–Kier alpha value is -3.08. The van der Waals surface area contributed by atoms with Gasteiger partial charge in [-0.15, -0.1) is 0 Å². The lowest BCUT2D eigenvalue weighted by molar-refractivity contribution is 1.04. The molecule has 1 heterocycles. The number of aromatic nitrogens is 2. The fraction of sp³-hybridized carbons (Fsp3) is 0.111. The molecule has 0 bridgehead atoms. The molecule has 0 radical (unpaired) electrons. The molecule has 0 saturated carbocycles. The van der Waals surface area contributed by atoms with E-state index in [1.807, 2.05) is 48.5 Å². The lowest BCUT2D eigenvalue weighted by atomic mass is 10.2.